The van der Waals surface area contributed by atoms with E-state index in [0.29, 0.717) is 5.76 Å². The number of hydrogen-bond acceptors (Lipinski definition) is 4. The van der Waals surface area contributed by atoms with E-state index in [1.807, 2.05) is 6.92 Å². The Morgan fingerprint density at radius 3 is 2.54 bits per heavy atom. The second-order valence-corrected chi connectivity index (χ2v) is 9.08. The molecule has 5 nitrogen and oxygen atoms in total. The molecule has 1 unspecified atom stereocenters. The van der Waals surface area contributed by atoms with Gasteiger partial charge in [-0.3, -0.25) is 0 Å². The third kappa shape index (κ3) is 3.84. The number of hydrogen-bond donors (Lipinski definition) is 1. The summed E-state index contributed by atoms with van der Waals surface area (Å²) < 4.78 is 32.6. The van der Waals surface area contributed by atoms with Gasteiger partial charge in [-0.15, -0.1) is 5.73 Å². The van der Waals surface area contributed by atoms with Gasteiger partial charge >= 0.3 is 0 Å². The first-order valence-electron chi connectivity index (χ1n) is 8.46. The summed E-state index contributed by atoms with van der Waals surface area (Å²) in [5.41, 5.74) is 3.82. The van der Waals surface area contributed by atoms with Crippen LogP contribution in [0.25, 0.3) is 6.08 Å². The van der Waals surface area contributed by atoms with E-state index in [4.69, 9.17) is 4.42 Å². The van der Waals surface area contributed by atoms with Crippen LogP contribution in [0.4, 0.5) is 0 Å². The number of aliphatic hydroxyl groups is 1. The zero-order chi connectivity index (χ0) is 18.9. The molecule has 0 saturated carbocycles. The molecule has 0 amide bonds. The maximum atomic E-state index is 13.0. The molecule has 1 atom stereocenters. The summed E-state index contributed by atoms with van der Waals surface area (Å²) in [6.45, 7) is 5.70. The van der Waals surface area contributed by atoms with Crippen LogP contribution in [0.5, 0.6) is 0 Å². The van der Waals surface area contributed by atoms with Crippen molar-refractivity contribution in [2.24, 2.45) is 5.92 Å². The van der Waals surface area contributed by atoms with Gasteiger partial charge in [-0.1, -0.05) is 17.7 Å². The average Bonchev–Trinajstić information content (AvgIpc) is 3.22. The van der Waals surface area contributed by atoms with Gasteiger partial charge in [-0.2, -0.15) is 4.31 Å². The highest BCUT2D eigenvalue weighted by molar-refractivity contribution is 7.89. The quantitative estimate of drug-likeness (QED) is 0.836. The van der Waals surface area contributed by atoms with E-state index in [-0.39, 0.29) is 23.9 Å². The molecule has 0 spiro atoms. The lowest BCUT2D eigenvalue weighted by molar-refractivity contribution is 0.0367. The highest BCUT2D eigenvalue weighted by Crippen LogP contribution is 2.34. The van der Waals surface area contributed by atoms with Crippen LogP contribution in [0.1, 0.15) is 25.2 Å². The summed E-state index contributed by atoms with van der Waals surface area (Å²) in [6, 6.07) is 10.4. The van der Waals surface area contributed by atoms with Crippen molar-refractivity contribution in [1.29, 1.82) is 0 Å². The van der Waals surface area contributed by atoms with Crippen LogP contribution in [0.15, 0.2) is 63.3 Å². The van der Waals surface area contributed by atoms with E-state index in [1.54, 1.807) is 62.6 Å². The van der Waals surface area contributed by atoms with Crippen molar-refractivity contribution in [2.75, 3.05) is 13.1 Å². The molecule has 1 aromatic heterocycles. The predicted molar refractivity (Wildman–Crippen MR) is 99.9 cm³/mol. The minimum Gasteiger partial charge on any atom is -0.464 e. The summed E-state index contributed by atoms with van der Waals surface area (Å²) in [4.78, 5) is 0.258. The molecule has 6 heteroatoms. The molecule has 26 heavy (non-hydrogen) atoms. The lowest BCUT2D eigenvalue weighted by Crippen LogP contribution is -2.35. The van der Waals surface area contributed by atoms with Gasteiger partial charge < -0.3 is 9.52 Å². The fourth-order valence-corrected chi connectivity index (χ4v) is 4.49. The molecule has 2 heterocycles. The third-order valence-electron chi connectivity index (χ3n) is 4.61. The van der Waals surface area contributed by atoms with E-state index in [0.717, 1.165) is 11.1 Å². The summed E-state index contributed by atoms with van der Waals surface area (Å²) >= 11 is 0. The minimum absolute atomic E-state index is 0.197. The van der Waals surface area contributed by atoms with Crippen molar-refractivity contribution in [3.8, 4) is 0 Å². The summed E-state index contributed by atoms with van der Waals surface area (Å²) in [7, 11) is -3.63. The number of nitrogens with zero attached hydrogens (tertiary/aromatic N) is 1. The van der Waals surface area contributed by atoms with Gasteiger partial charge in [0.25, 0.3) is 0 Å². The number of rotatable bonds is 4. The molecule has 1 fully saturated rings. The largest absolute Gasteiger partial charge is 0.464 e. The van der Waals surface area contributed by atoms with Crippen molar-refractivity contribution in [1.82, 2.24) is 4.31 Å². The predicted octanol–water partition coefficient (Wildman–Crippen LogP) is 3.22. The van der Waals surface area contributed by atoms with E-state index in [1.165, 1.54) is 4.31 Å². The van der Waals surface area contributed by atoms with Crippen LogP contribution in [0, 0.1) is 12.8 Å². The van der Waals surface area contributed by atoms with Crippen LogP contribution >= 0.6 is 0 Å². The number of aryl methyl sites for hydroxylation is 1. The maximum absolute atomic E-state index is 13.0. The lowest BCUT2D eigenvalue weighted by Gasteiger charge is -2.25. The van der Waals surface area contributed by atoms with Crippen LogP contribution in [-0.2, 0) is 10.0 Å². The van der Waals surface area contributed by atoms with E-state index >= 15 is 0 Å². The normalized spacial score (nSPS) is 18.8. The zero-order valence-electron chi connectivity index (χ0n) is 15.1. The Morgan fingerprint density at radius 1 is 1.27 bits per heavy atom. The van der Waals surface area contributed by atoms with Crippen LogP contribution < -0.4 is 0 Å². The molecule has 1 N–H and O–H groups in total. The first kappa shape index (κ1) is 18.7. The number of benzene rings is 1. The summed E-state index contributed by atoms with van der Waals surface area (Å²) in [6.07, 6.45) is 3.24. The summed E-state index contributed by atoms with van der Waals surface area (Å²) in [5, 5.41) is 10.5. The number of sulfonamides is 1. The molecule has 1 aromatic carbocycles. The van der Waals surface area contributed by atoms with E-state index in [9.17, 15) is 13.5 Å². The second-order valence-electron chi connectivity index (χ2n) is 7.15. The van der Waals surface area contributed by atoms with Crippen molar-refractivity contribution < 1.29 is 17.9 Å². The molecule has 2 aromatic rings. The molecule has 1 aliphatic heterocycles. The first-order chi connectivity index (χ1) is 12.2. The molecular weight excluding hydrogens is 350 g/mol. The Labute approximate surface area is 154 Å². The smallest absolute Gasteiger partial charge is 0.243 e. The van der Waals surface area contributed by atoms with Gasteiger partial charge in [-0.25, -0.2) is 8.42 Å². The maximum Gasteiger partial charge on any atom is 0.243 e. The lowest BCUT2D eigenvalue weighted by atomic mass is 9.87. The Hall–Kier alpha value is -2.11. The molecule has 1 saturated heterocycles. The van der Waals surface area contributed by atoms with Crippen LogP contribution in [0.2, 0.25) is 0 Å². The Kier molecular flexibility index (Phi) is 4.95. The molecule has 0 bridgehead atoms. The highest BCUT2D eigenvalue weighted by Gasteiger charge is 2.42. The highest BCUT2D eigenvalue weighted by atomic mass is 32.2. The van der Waals surface area contributed by atoms with Gasteiger partial charge in [0, 0.05) is 25.1 Å². The van der Waals surface area contributed by atoms with Gasteiger partial charge in [-0.05, 0) is 50.6 Å². The Morgan fingerprint density at radius 2 is 1.96 bits per heavy atom. The van der Waals surface area contributed by atoms with Gasteiger partial charge in [0.05, 0.1) is 16.8 Å². The molecule has 138 valence electrons. The molecule has 3 rings (SSSR count). The Bertz CT molecular complexity index is 929. The number of furan rings is 1. The van der Waals surface area contributed by atoms with E-state index < -0.39 is 15.6 Å². The zero-order valence-corrected chi connectivity index (χ0v) is 16.0. The summed E-state index contributed by atoms with van der Waals surface area (Å²) in [5.74, 6) is 0.292. The van der Waals surface area contributed by atoms with Crippen LogP contribution in [-0.4, -0.2) is 36.5 Å². The van der Waals surface area contributed by atoms with Crippen molar-refractivity contribution in [3.63, 3.8) is 0 Å². The second kappa shape index (κ2) is 6.89. The van der Waals surface area contributed by atoms with Gasteiger partial charge in [0.15, 0.2) is 0 Å². The minimum atomic E-state index is -3.63. The van der Waals surface area contributed by atoms with Gasteiger partial charge in [0.2, 0.25) is 10.0 Å². The van der Waals surface area contributed by atoms with Gasteiger partial charge in [0.1, 0.15) is 5.76 Å². The fraction of sp³-hybridized carbons (Fsp3) is 0.350. The van der Waals surface area contributed by atoms with Crippen LogP contribution in [0.3, 0.4) is 0 Å². The topological polar surface area (TPSA) is 70.8 Å². The molecule has 1 aliphatic rings. The average molecular weight is 373 g/mol. The first-order valence-corrected chi connectivity index (χ1v) is 9.90. The molecule has 0 radical (unpaired) electrons. The SMILES string of the molecule is Cc1ccc(S(=O)(=O)N2CC(=C=Cc3ccco3)C(C(C)(C)O)C2)cc1. The van der Waals surface area contributed by atoms with Crippen molar-refractivity contribution in [2.45, 2.75) is 31.3 Å². The van der Waals surface area contributed by atoms with E-state index in [2.05, 4.69) is 5.73 Å². The van der Waals surface area contributed by atoms with Crippen molar-refractivity contribution in [3.05, 3.63) is 65.3 Å². The van der Waals surface area contributed by atoms with Crippen molar-refractivity contribution >= 4 is 16.1 Å². The third-order valence-corrected chi connectivity index (χ3v) is 6.43. The molecular formula is C20H23NO4S. The molecule has 0 aliphatic carbocycles. The standard InChI is InChI=1S/C20H23NO4S/c1-15-6-10-18(11-7-15)26(23,24)21-13-16(19(14-21)20(2,3)22)8-9-17-5-4-12-25-17/h4-7,9-12,19,22H,13-14H2,1-3H3. The monoisotopic (exact) mass is 373 g/mol. The Balaban J connectivity index is 1.96. The fourth-order valence-electron chi connectivity index (χ4n) is 3.05.